The van der Waals surface area contributed by atoms with Gasteiger partial charge in [0.25, 0.3) is 0 Å². The maximum absolute atomic E-state index is 11.2. The second-order valence-corrected chi connectivity index (χ2v) is 8.19. The third kappa shape index (κ3) is 5.17. The van der Waals surface area contributed by atoms with Crippen molar-refractivity contribution in [3.8, 4) is 5.75 Å². The van der Waals surface area contributed by atoms with E-state index in [0.29, 0.717) is 0 Å². The van der Waals surface area contributed by atoms with Crippen LogP contribution in [0.1, 0.15) is 17.0 Å². The molecule has 26 heavy (non-hydrogen) atoms. The number of fused-ring (bicyclic) bond motifs is 1. The zero-order valence-electron chi connectivity index (χ0n) is 15.1. The molecule has 1 aliphatic heterocycles. The van der Waals surface area contributed by atoms with Crippen molar-refractivity contribution in [3.63, 3.8) is 0 Å². The number of benzene rings is 1. The minimum Gasteiger partial charge on any atom is -0.497 e. The van der Waals surface area contributed by atoms with Crippen molar-refractivity contribution in [2.75, 3.05) is 26.5 Å². The van der Waals surface area contributed by atoms with Crippen LogP contribution in [-0.2, 0) is 29.7 Å². The van der Waals surface area contributed by atoms with Crippen LogP contribution in [0.3, 0.4) is 0 Å². The average molecular weight is 376 g/mol. The first-order chi connectivity index (χ1) is 12.4. The van der Waals surface area contributed by atoms with Crippen LogP contribution in [0.25, 0.3) is 6.08 Å². The zero-order valence-corrected chi connectivity index (χ0v) is 15.9. The standard InChI is InChI=1S/C18H24N4O3S/c1-25-18-7-5-15(6-8-18)4-3-9-21-10-11-22-17(14-21)12-16(20-22)13-19-26(2,23)24/h3-8,12,19H,9-11,13-14H2,1-2H3/b4-3+. The van der Waals surface area contributed by atoms with Crippen LogP contribution in [0.5, 0.6) is 5.75 Å². The van der Waals surface area contributed by atoms with E-state index in [1.54, 1.807) is 7.11 Å². The van der Waals surface area contributed by atoms with Crippen LogP contribution in [0.2, 0.25) is 0 Å². The highest BCUT2D eigenvalue weighted by molar-refractivity contribution is 7.88. The van der Waals surface area contributed by atoms with Gasteiger partial charge < -0.3 is 4.74 Å². The van der Waals surface area contributed by atoms with Crippen LogP contribution in [-0.4, -0.2) is 49.6 Å². The van der Waals surface area contributed by atoms with Gasteiger partial charge >= 0.3 is 0 Å². The molecule has 7 nitrogen and oxygen atoms in total. The number of nitrogens with zero attached hydrogens (tertiary/aromatic N) is 3. The Balaban J connectivity index is 1.54. The molecule has 0 amide bonds. The summed E-state index contributed by atoms with van der Waals surface area (Å²) in [4.78, 5) is 2.34. The number of rotatable bonds is 7. The Labute approximate surface area is 154 Å². The fourth-order valence-corrected chi connectivity index (χ4v) is 3.29. The van der Waals surface area contributed by atoms with E-state index >= 15 is 0 Å². The molecule has 0 saturated heterocycles. The van der Waals surface area contributed by atoms with E-state index in [1.165, 1.54) is 0 Å². The summed E-state index contributed by atoms with van der Waals surface area (Å²) in [5.74, 6) is 0.854. The number of ether oxygens (including phenoxy) is 1. The summed E-state index contributed by atoms with van der Waals surface area (Å²) >= 11 is 0. The smallest absolute Gasteiger partial charge is 0.209 e. The highest BCUT2D eigenvalue weighted by atomic mass is 32.2. The third-order valence-electron chi connectivity index (χ3n) is 4.23. The van der Waals surface area contributed by atoms with E-state index in [0.717, 1.165) is 55.1 Å². The minimum absolute atomic E-state index is 0.232. The lowest BCUT2D eigenvalue weighted by Gasteiger charge is -2.26. The molecule has 2 heterocycles. The van der Waals surface area contributed by atoms with Gasteiger partial charge in [-0.05, 0) is 23.8 Å². The first-order valence-corrected chi connectivity index (χ1v) is 10.4. The predicted molar refractivity (Wildman–Crippen MR) is 101 cm³/mol. The normalized spacial score (nSPS) is 15.3. The molecular formula is C18H24N4O3S. The second kappa shape index (κ2) is 8.03. The molecule has 140 valence electrons. The molecule has 0 radical (unpaired) electrons. The zero-order chi connectivity index (χ0) is 18.6. The number of sulfonamides is 1. The Morgan fingerprint density at radius 3 is 2.73 bits per heavy atom. The summed E-state index contributed by atoms with van der Waals surface area (Å²) in [5.41, 5.74) is 3.00. The monoisotopic (exact) mass is 376 g/mol. The Morgan fingerprint density at radius 2 is 2.04 bits per heavy atom. The van der Waals surface area contributed by atoms with E-state index in [2.05, 4.69) is 26.9 Å². The molecule has 0 fully saturated rings. The van der Waals surface area contributed by atoms with Crippen molar-refractivity contribution < 1.29 is 13.2 Å². The van der Waals surface area contributed by atoms with E-state index in [9.17, 15) is 8.42 Å². The highest BCUT2D eigenvalue weighted by Gasteiger charge is 2.17. The molecule has 3 rings (SSSR count). The van der Waals surface area contributed by atoms with E-state index in [-0.39, 0.29) is 6.54 Å². The Morgan fingerprint density at radius 1 is 1.27 bits per heavy atom. The number of aromatic nitrogens is 2. The molecule has 0 saturated carbocycles. The number of methoxy groups -OCH3 is 1. The van der Waals surface area contributed by atoms with Crippen molar-refractivity contribution >= 4 is 16.1 Å². The summed E-state index contributed by atoms with van der Waals surface area (Å²) in [5, 5.41) is 4.47. The minimum atomic E-state index is -3.20. The molecule has 0 unspecified atom stereocenters. The molecule has 2 aromatic rings. The lowest BCUT2D eigenvalue weighted by Crippen LogP contribution is -2.33. The molecule has 0 aliphatic carbocycles. The van der Waals surface area contributed by atoms with Crippen LogP contribution in [0.15, 0.2) is 36.4 Å². The topological polar surface area (TPSA) is 76.5 Å². The lowest BCUT2D eigenvalue weighted by atomic mass is 10.2. The van der Waals surface area contributed by atoms with Crippen LogP contribution in [0, 0.1) is 0 Å². The van der Waals surface area contributed by atoms with Gasteiger partial charge in [-0.1, -0.05) is 24.3 Å². The van der Waals surface area contributed by atoms with Gasteiger partial charge in [-0.3, -0.25) is 9.58 Å². The van der Waals surface area contributed by atoms with Gasteiger partial charge in [-0.2, -0.15) is 5.10 Å². The van der Waals surface area contributed by atoms with Gasteiger partial charge in [0.15, 0.2) is 0 Å². The first-order valence-electron chi connectivity index (χ1n) is 8.46. The van der Waals surface area contributed by atoms with E-state index in [1.807, 2.05) is 35.0 Å². The summed E-state index contributed by atoms with van der Waals surface area (Å²) in [6.45, 7) is 3.62. The van der Waals surface area contributed by atoms with E-state index < -0.39 is 10.0 Å². The van der Waals surface area contributed by atoms with Crippen LogP contribution < -0.4 is 9.46 Å². The molecule has 1 N–H and O–H groups in total. The van der Waals surface area contributed by atoms with E-state index in [4.69, 9.17) is 4.74 Å². The highest BCUT2D eigenvalue weighted by Crippen LogP contribution is 2.15. The van der Waals surface area contributed by atoms with Crippen molar-refractivity contribution in [3.05, 3.63) is 53.4 Å². The Bertz CT molecular complexity index is 872. The molecule has 1 aliphatic rings. The summed E-state index contributed by atoms with van der Waals surface area (Å²) in [7, 11) is -1.54. The van der Waals surface area contributed by atoms with Gasteiger partial charge in [0.05, 0.1) is 37.8 Å². The predicted octanol–water partition coefficient (Wildman–Crippen LogP) is 1.47. The average Bonchev–Trinajstić information content (AvgIpc) is 3.02. The van der Waals surface area contributed by atoms with Crippen molar-refractivity contribution in [2.45, 2.75) is 19.6 Å². The van der Waals surface area contributed by atoms with Crippen LogP contribution >= 0.6 is 0 Å². The van der Waals surface area contributed by atoms with Gasteiger partial charge in [0.1, 0.15) is 5.75 Å². The molecule has 8 heteroatoms. The summed E-state index contributed by atoms with van der Waals surface area (Å²) in [6.07, 6.45) is 5.41. The molecular weight excluding hydrogens is 352 g/mol. The molecule has 0 spiro atoms. The largest absolute Gasteiger partial charge is 0.497 e. The van der Waals surface area contributed by atoms with Gasteiger partial charge in [-0.15, -0.1) is 0 Å². The maximum Gasteiger partial charge on any atom is 0.209 e. The SMILES string of the molecule is COc1ccc(/C=C/CN2CCn3nc(CNS(C)(=O)=O)cc3C2)cc1. The van der Waals surface area contributed by atoms with Crippen molar-refractivity contribution in [2.24, 2.45) is 0 Å². The van der Waals surface area contributed by atoms with Gasteiger partial charge in [0, 0.05) is 19.6 Å². The number of hydrogen-bond donors (Lipinski definition) is 1. The van der Waals surface area contributed by atoms with Gasteiger partial charge in [0.2, 0.25) is 10.0 Å². The van der Waals surface area contributed by atoms with Crippen molar-refractivity contribution in [1.29, 1.82) is 0 Å². The fraction of sp³-hybridized carbons (Fsp3) is 0.389. The Kier molecular flexibility index (Phi) is 5.75. The molecule has 0 atom stereocenters. The summed E-state index contributed by atoms with van der Waals surface area (Å²) in [6, 6.07) is 9.93. The van der Waals surface area contributed by atoms with Crippen molar-refractivity contribution in [1.82, 2.24) is 19.4 Å². The number of nitrogens with one attached hydrogen (secondary N) is 1. The number of hydrogen-bond acceptors (Lipinski definition) is 5. The Hall–Kier alpha value is -2.16. The molecule has 1 aromatic heterocycles. The summed E-state index contributed by atoms with van der Waals surface area (Å²) < 4.78 is 32.0. The van der Waals surface area contributed by atoms with Crippen LogP contribution in [0.4, 0.5) is 0 Å². The third-order valence-corrected chi connectivity index (χ3v) is 4.90. The maximum atomic E-state index is 11.2. The molecule has 0 bridgehead atoms. The fourth-order valence-electron chi connectivity index (χ4n) is 2.88. The quantitative estimate of drug-likeness (QED) is 0.792. The lowest BCUT2D eigenvalue weighted by molar-refractivity contribution is 0.235. The molecule has 1 aromatic carbocycles. The van der Waals surface area contributed by atoms with Gasteiger partial charge in [-0.25, -0.2) is 13.1 Å². The second-order valence-electron chi connectivity index (χ2n) is 6.35. The first kappa shape index (κ1) is 18.6.